The Morgan fingerprint density at radius 1 is 1.42 bits per heavy atom. The normalized spacial score (nSPS) is 11.3. The lowest BCUT2D eigenvalue weighted by Gasteiger charge is -2.07. The highest BCUT2D eigenvalue weighted by Crippen LogP contribution is 2.11. The van der Waals surface area contributed by atoms with E-state index >= 15 is 0 Å². The summed E-state index contributed by atoms with van der Waals surface area (Å²) in [6, 6.07) is 3.68. The van der Waals surface area contributed by atoms with E-state index < -0.39 is 21.7 Å². The van der Waals surface area contributed by atoms with Crippen LogP contribution in [0.15, 0.2) is 18.2 Å². The first-order valence-electron chi connectivity index (χ1n) is 5.66. The molecule has 0 unspecified atom stereocenters. The van der Waals surface area contributed by atoms with Crippen molar-refractivity contribution in [1.82, 2.24) is 10.0 Å². The molecule has 19 heavy (non-hydrogen) atoms. The van der Waals surface area contributed by atoms with Gasteiger partial charge in [0.2, 0.25) is 10.0 Å². The van der Waals surface area contributed by atoms with Crippen LogP contribution in [0, 0.1) is 5.82 Å². The third-order valence-electron chi connectivity index (χ3n) is 2.26. The van der Waals surface area contributed by atoms with E-state index in [0.717, 1.165) is 6.07 Å². The van der Waals surface area contributed by atoms with Gasteiger partial charge in [0.05, 0.1) is 11.3 Å². The zero-order chi connectivity index (χ0) is 14.5. The quantitative estimate of drug-likeness (QED) is 0.645. The summed E-state index contributed by atoms with van der Waals surface area (Å²) in [5, 5.41) is 2.33. The first-order valence-corrected chi connectivity index (χ1v) is 7.31. The molecule has 0 aliphatic heterocycles. The Labute approximate surface area is 111 Å². The van der Waals surface area contributed by atoms with Gasteiger partial charge in [-0.15, -0.1) is 0 Å². The number of carbonyl (C=O) groups excluding carboxylic acids is 1. The van der Waals surface area contributed by atoms with Crippen LogP contribution in [0.2, 0.25) is 0 Å². The summed E-state index contributed by atoms with van der Waals surface area (Å²) in [7, 11) is -3.40. The molecule has 6 nitrogen and oxygen atoms in total. The van der Waals surface area contributed by atoms with E-state index in [1.807, 2.05) is 0 Å². The van der Waals surface area contributed by atoms with E-state index in [9.17, 15) is 17.6 Å². The molecule has 4 N–H and O–H groups in total. The fourth-order valence-corrected chi connectivity index (χ4v) is 2.36. The maximum Gasteiger partial charge on any atom is 0.254 e. The van der Waals surface area contributed by atoms with E-state index in [1.165, 1.54) is 12.1 Å². The number of nitrogens with two attached hydrogens (primary N) is 1. The third-order valence-corrected chi connectivity index (χ3v) is 3.73. The van der Waals surface area contributed by atoms with Crippen LogP contribution in [0.25, 0.3) is 0 Å². The van der Waals surface area contributed by atoms with E-state index in [1.54, 1.807) is 6.92 Å². The van der Waals surface area contributed by atoms with Gasteiger partial charge in [0.1, 0.15) is 5.82 Å². The van der Waals surface area contributed by atoms with Crippen molar-refractivity contribution in [3.8, 4) is 0 Å². The van der Waals surface area contributed by atoms with Gasteiger partial charge >= 0.3 is 0 Å². The van der Waals surface area contributed by atoms with Crippen LogP contribution in [0.3, 0.4) is 0 Å². The Hall–Kier alpha value is -1.67. The topological polar surface area (TPSA) is 101 Å². The lowest BCUT2D eigenvalue weighted by Crippen LogP contribution is -2.34. The second-order valence-electron chi connectivity index (χ2n) is 3.81. The molecule has 0 aliphatic carbocycles. The van der Waals surface area contributed by atoms with Crippen molar-refractivity contribution in [1.29, 1.82) is 0 Å². The molecule has 0 saturated heterocycles. The zero-order valence-electron chi connectivity index (χ0n) is 10.4. The standard InChI is InChI=1S/C11H16FN3O3S/c1-2-15-19(17,18)6-5-14-11(16)9-4-3-8(13)7-10(9)12/h3-4,7,15H,2,5-6,13H2,1H3,(H,14,16). The van der Waals surface area contributed by atoms with Crippen LogP contribution in [-0.2, 0) is 10.0 Å². The average Bonchev–Trinajstić information content (AvgIpc) is 2.28. The molecule has 0 heterocycles. The fraction of sp³-hybridized carbons (Fsp3) is 0.364. The molecule has 0 aliphatic rings. The maximum absolute atomic E-state index is 13.4. The minimum absolute atomic E-state index is 0.0992. The largest absolute Gasteiger partial charge is 0.399 e. The van der Waals surface area contributed by atoms with Gasteiger partial charge in [-0.2, -0.15) is 0 Å². The summed E-state index contributed by atoms with van der Waals surface area (Å²) in [4.78, 5) is 11.6. The second-order valence-corrected chi connectivity index (χ2v) is 5.74. The molecule has 0 bridgehead atoms. The highest BCUT2D eigenvalue weighted by molar-refractivity contribution is 7.89. The van der Waals surface area contributed by atoms with Gasteiger partial charge in [0, 0.05) is 18.8 Å². The monoisotopic (exact) mass is 289 g/mol. The van der Waals surface area contributed by atoms with Crippen molar-refractivity contribution in [3.05, 3.63) is 29.6 Å². The number of hydrogen-bond donors (Lipinski definition) is 3. The molecule has 1 aromatic rings. The number of benzene rings is 1. The Balaban J connectivity index is 2.57. The van der Waals surface area contributed by atoms with Crippen molar-refractivity contribution in [2.24, 2.45) is 0 Å². The molecule has 1 rings (SSSR count). The van der Waals surface area contributed by atoms with Gasteiger partial charge in [0.25, 0.3) is 5.91 Å². The zero-order valence-corrected chi connectivity index (χ0v) is 11.3. The summed E-state index contributed by atoms with van der Waals surface area (Å²) >= 11 is 0. The van der Waals surface area contributed by atoms with Crippen LogP contribution < -0.4 is 15.8 Å². The van der Waals surface area contributed by atoms with Crippen molar-refractivity contribution >= 4 is 21.6 Å². The molecular weight excluding hydrogens is 273 g/mol. The fourth-order valence-electron chi connectivity index (χ4n) is 1.40. The van der Waals surface area contributed by atoms with E-state index in [2.05, 4.69) is 10.0 Å². The molecule has 106 valence electrons. The molecule has 0 spiro atoms. The first-order chi connectivity index (χ1) is 8.85. The predicted octanol–water partition coefficient (Wildman–Crippen LogP) is 0.0770. The maximum atomic E-state index is 13.4. The van der Waals surface area contributed by atoms with Gasteiger partial charge in [-0.3, -0.25) is 4.79 Å². The lowest BCUT2D eigenvalue weighted by atomic mass is 10.2. The smallest absolute Gasteiger partial charge is 0.254 e. The Bertz CT molecular complexity index is 560. The number of amides is 1. The average molecular weight is 289 g/mol. The molecule has 8 heteroatoms. The molecule has 0 fully saturated rings. The minimum Gasteiger partial charge on any atom is -0.399 e. The number of halogens is 1. The van der Waals surface area contributed by atoms with Gasteiger partial charge in [0.15, 0.2) is 0 Å². The number of rotatable bonds is 6. The number of carbonyl (C=O) groups is 1. The van der Waals surface area contributed by atoms with Crippen LogP contribution >= 0.6 is 0 Å². The number of nitrogen functional groups attached to an aromatic ring is 1. The highest BCUT2D eigenvalue weighted by atomic mass is 32.2. The molecule has 0 radical (unpaired) electrons. The number of nitrogens with one attached hydrogen (secondary N) is 2. The van der Waals surface area contributed by atoms with Crippen molar-refractivity contribution in [2.75, 3.05) is 24.6 Å². The van der Waals surface area contributed by atoms with Crippen molar-refractivity contribution in [2.45, 2.75) is 6.92 Å². The van der Waals surface area contributed by atoms with E-state index in [4.69, 9.17) is 5.73 Å². The minimum atomic E-state index is -3.40. The molecule has 0 aromatic heterocycles. The predicted molar refractivity (Wildman–Crippen MR) is 70.6 cm³/mol. The molecular formula is C11H16FN3O3S. The van der Waals surface area contributed by atoms with Crippen LogP contribution in [0.1, 0.15) is 17.3 Å². The Morgan fingerprint density at radius 3 is 2.68 bits per heavy atom. The van der Waals surface area contributed by atoms with E-state index in [-0.39, 0.29) is 30.1 Å². The number of hydrogen-bond acceptors (Lipinski definition) is 4. The Morgan fingerprint density at radius 2 is 2.11 bits per heavy atom. The van der Waals surface area contributed by atoms with Crippen molar-refractivity contribution in [3.63, 3.8) is 0 Å². The summed E-state index contributed by atoms with van der Waals surface area (Å²) < 4.78 is 38.3. The molecule has 0 saturated carbocycles. The molecule has 1 amide bonds. The SMILES string of the molecule is CCNS(=O)(=O)CCNC(=O)c1ccc(N)cc1F. The summed E-state index contributed by atoms with van der Waals surface area (Å²) in [6.45, 7) is 1.83. The highest BCUT2D eigenvalue weighted by Gasteiger charge is 2.13. The lowest BCUT2D eigenvalue weighted by molar-refractivity contribution is 0.0952. The summed E-state index contributed by atoms with van der Waals surface area (Å²) in [6.07, 6.45) is 0. The summed E-state index contributed by atoms with van der Waals surface area (Å²) in [5.74, 6) is -1.68. The summed E-state index contributed by atoms with van der Waals surface area (Å²) in [5.41, 5.74) is 5.40. The van der Waals surface area contributed by atoms with Crippen molar-refractivity contribution < 1.29 is 17.6 Å². The Kier molecular flexibility index (Phi) is 5.25. The van der Waals surface area contributed by atoms with Gasteiger partial charge in [-0.1, -0.05) is 6.92 Å². The number of anilines is 1. The molecule has 0 atom stereocenters. The third kappa shape index (κ3) is 4.84. The van der Waals surface area contributed by atoms with Crippen LogP contribution in [0.4, 0.5) is 10.1 Å². The van der Waals surface area contributed by atoms with E-state index in [0.29, 0.717) is 0 Å². The van der Waals surface area contributed by atoms with Gasteiger partial charge in [-0.25, -0.2) is 17.5 Å². The van der Waals surface area contributed by atoms with Gasteiger partial charge < -0.3 is 11.1 Å². The van der Waals surface area contributed by atoms with Crippen LogP contribution in [0.5, 0.6) is 0 Å². The first kappa shape index (κ1) is 15.4. The van der Waals surface area contributed by atoms with Gasteiger partial charge in [-0.05, 0) is 18.2 Å². The number of sulfonamides is 1. The second kappa shape index (κ2) is 6.48. The molecule has 1 aromatic carbocycles. The van der Waals surface area contributed by atoms with Crippen LogP contribution in [-0.4, -0.2) is 33.2 Å².